The van der Waals surface area contributed by atoms with Crippen molar-refractivity contribution in [1.82, 2.24) is 5.32 Å². The number of nitrogens with one attached hydrogen (secondary N) is 1. The first kappa shape index (κ1) is 12.0. The molecule has 1 aromatic carbocycles. The van der Waals surface area contributed by atoms with Gasteiger partial charge in [-0.2, -0.15) is 0 Å². The van der Waals surface area contributed by atoms with Gasteiger partial charge in [0.25, 0.3) is 0 Å². The van der Waals surface area contributed by atoms with Crippen LogP contribution >= 0.6 is 0 Å². The van der Waals surface area contributed by atoms with Crippen molar-refractivity contribution < 1.29 is 5.11 Å². The van der Waals surface area contributed by atoms with Crippen LogP contribution in [0.15, 0.2) is 35.9 Å². The van der Waals surface area contributed by atoms with E-state index in [4.69, 9.17) is 5.11 Å². The molecule has 0 aliphatic carbocycles. The Morgan fingerprint density at radius 1 is 1.40 bits per heavy atom. The standard InChI is InChI=1S/C13H19NO/c1-11(9-14-10-12(2)15)8-13-6-4-3-5-7-13/h3-8,12,14-15H,9-10H2,1-2H3/b11-8+. The predicted molar refractivity (Wildman–Crippen MR) is 64.6 cm³/mol. The van der Waals surface area contributed by atoms with Crippen molar-refractivity contribution in [1.29, 1.82) is 0 Å². The SMILES string of the molecule is C/C(=C\c1ccccc1)CNCC(C)O. The zero-order valence-electron chi connectivity index (χ0n) is 9.40. The Morgan fingerprint density at radius 2 is 2.07 bits per heavy atom. The van der Waals surface area contributed by atoms with Crippen LogP contribution in [0.1, 0.15) is 19.4 Å². The minimum absolute atomic E-state index is 0.283. The zero-order chi connectivity index (χ0) is 11.1. The summed E-state index contributed by atoms with van der Waals surface area (Å²) in [6.07, 6.45) is 1.87. The fourth-order valence-electron chi connectivity index (χ4n) is 1.36. The third-order valence-electron chi connectivity index (χ3n) is 2.06. The van der Waals surface area contributed by atoms with Gasteiger partial charge in [0, 0.05) is 13.1 Å². The van der Waals surface area contributed by atoms with Crippen molar-refractivity contribution in [2.24, 2.45) is 0 Å². The fraction of sp³-hybridized carbons (Fsp3) is 0.385. The third kappa shape index (κ3) is 5.35. The lowest BCUT2D eigenvalue weighted by Gasteiger charge is -2.06. The molecule has 0 aliphatic rings. The summed E-state index contributed by atoms with van der Waals surface area (Å²) in [4.78, 5) is 0. The van der Waals surface area contributed by atoms with Gasteiger partial charge in [-0.15, -0.1) is 0 Å². The molecule has 0 fully saturated rings. The molecule has 0 heterocycles. The van der Waals surface area contributed by atoms with Crippen LogP contribution in [0.2, 0.25) is 0 Å². The Hall–Kier alpha value is -1.12. The first-order chi connectivity index (χ1) is 7.18. The van der Waals surface area contributed by atoms with Crippen LogP contribution in [0.5, 0.6) is 0 Å². The van der Waals surface area contributed by atoms with E-state index in [-0.39, 0.29) is 6.10 Å². The van der Waals surface area contributed by atoms with E-state index in [9.17, 15) is 0 Å². The number of benzene rings is 1. The average Bonchev–Trinajstić information content (AvgIpc) is 2.18. The molecular weight excluding hydrogens is 186 g/mol. The van der Waals surface area contributed by atoms with E-state index in [1.807, 2.05) is 18.2 Å². The number of rotatable bonds is 5. The van der Waals surface area contributed by atoms with Crippen molar-refractivity contribution >= 4 is 6.08 Å². The molecule has 1 unspecified atom stereocenters. The van der Waals surface area contributed by atoms with Crippen LogP contribution in [0.25, 0.3) is 6.08 Å². The highest BCUT2D eigenvalue weighted by Gasteiger charge is 1.95. The van der Waals surface area contributed by atoms with E-state index in [1.54, 1.807) is 6.92 Å². The van der Waals surface area contributed by atoms with Gasteiger partial charge in [-0.3, -0.25) is 0 Å². The number of aliphatic hydroxyl groups is 1. The summed E-state index contributed by atoms with van der Waals surface area (Å²) in [6.45, 7) is 5.32. The van der Waals surface area contributed by atoms with Crippen LogP contribution in [0.4, 0.5) is 0 Å². The molecule has 0 radical (unpaired) electrons. The molecule has 0 bridgehead atoms. The van der Waals surface area contributed by atoms with Crippen molar-refractivity contribution in [3.63, 3.8) is 0 Å². The van der Waals surface area contributed by atoms with E-state index in [1.165, 1.54) is 11.1 Å². The summed E-state index contributed by atoms with van der Waals surface area (Å²) in [5.74, 6) is 0. The van der Waals surface area contributed by atoms with Gasteiger partial charge in [0.05, 0.1) is 6.10 Å². The summed E-state index contributed by atoms with van der Waals surface area (Å²) < 4.78 is 0. The number of hydrogen-bond acceptors (Lipinski definition) is 2. The Labute approximate surface area is 91.6 Å². The number of aliphatic hydroxyl groups excluding tert-OH is 1. The molecule has 2 N–H and O–H groups in total. The lowest BCUT2D eigenvalue weighted by molar-refractivity contribution is 0.192. The predicted octanol–water partition coefficient (Wildman–Crippen LogP) is 2.06. The Balaban J connectivity index is 2.40. The lowest BCUT2D eigenvalue weighted by atomic mass is 10.1. The highest BCUT2D eigenvalue weighted by Crippen LogP contribution is 2.04. The summed E-state index contributed by atoms with van der Waals surface area (Å²) in [5.41, 5.74) is 2.48. The quantitative estimate of drug-likeness (QED) is 0.771. The second kappa shape index (κ2) is 6.38. The molecule has 0 saturated carbocycles. The van der Waals surface area contributed by atoms with Crippen LogP contribution in [0, 0.1) is 0 Å². The fourth-order valence-corrected chi connectivity index (χ4v) is 1.36. The molecule has 82 valence electrons. The highest BCUT2D eigenvalue weighted by molar-refractivity contribution is 5.52. The molecule has 0 aliphatic heterocycles. The molecule has 0 saturated heterocycles. The van der Waals surface area contributed by atoms with Gasteiger partial charge in [-0.25, -0.2) is 0 Å². The largest absolute Gasteiger partial charge is 0.392 e. The maximum Gasteiger partial charge on any atom is 0.0636 e. The Kier molecular flexibility index (Phi) is 5.08. The maximum absolute atomic E-state index is 9.07. The van der Waals surface area contributed by atoms with Crippen LogP contribution < -0.4 is 5.32 Å². The van der Waals surface area contributed by atoms with Gasteiger partial charge in [0.15, 0.2) is 0 Å². The first-order valence-electron chi connectivity index (χ1n) is 5.29. The lowest BCUT2D eigenvalue weighted by Crippen LogP contribution is -2.25. The molecule has 0 amide bonds. The van der Waals surface area contributed by atoms with Gasteiger partial charge < -0.3 is 10.4 Å². The zero-order valence-corrected chi connectivity index (χ0v) is 9.40. The maximum atomic E-state index is 9.07. The van der Waals surface area contributed by atoms with E-state index >= 15 is 0 Å². The third-order valence-corrected chi connectivity index (χ3v) is 2.06. The molecule has 1 atom stereocenters. The number of hydrogen-bond donors (Lipinski definition) is 2. The minimum atomic E-state index is -0.283. The smallest absolute Gasteiger partial charge is 0.0636 e. The molecular formula is C13H19NO. The van der Waals surface area contributed by atoms with Gasteiger partial charge in [-0.1, -0.05) is 42.0 Å². The molecule has 2 nitrogen and oxygen atoms in total. The van der Waals surface area contributed by atoms with Crippen molar-refractivity contribution in [3.05, 3.63) is 41.5 Å². The second-order valence-corrected chi connectivity index (χ2v) is 3.88. The highest BCUT2D eigenvalue weighted by atomic mass is 16.3. The van der Waals surface area contributed by atoms with Gasteiger partial charge in [0.2, 0.25) is 0 Å². The summed E-state index contributed by atoms with van der Waals surface area (Å²) >= 11 is 0. The Bertz CT molecular complexity index is 304. The first-order valence-corrected chi connectivity index (χ1v) is 5.29. The molecule has 2 heteroatoms. The molecule has 1 aromatic rings. The molecule has 1 rings (SSSR count). The summed E-state index contributed by atoms with van der Waals surface area (Å²) in [6, 6.07) is 10.2. The van der Waals surface area contributed by atoms with Crippen molar-refractivity contribution in [2.45, 2.75) is 20.0 Å². The topological polar surface area (TPSA) is 32.3 Å². The van der Waals surface area contributed by atoms with Gasteiger partial charge in [0.1, 0.15) is 0 Å². The molecule has 0 spiro atoms. The van der Waals surface area contributed by atoms with Crippen LogP contribution in [-0.2, 0) is 0 Å². The normalized spacial score (nSPS) is 13.9. The second-order valence-electron chi connectivity index (χ2n) is 3.88. The van der Waals surface area contributed by atoms with E-state index in [0.29, 0.717) is 6.54 Å². The molecule has 0 aromatic heterocycles. The van der Waals surface area contributed by atoms with E-state index in [2.05, 4.69) is 30.4 Å². The monoisotopic (exact) mass is 205 g/mol. The summed E-state index contributed by atoms with van der Waals surface area (Å²) in [7, 11) is 0. The average molecular weight is 205 g/mol. The van der Waals surface area contributed by atoms with Crippen molar-refractivity contribution in [2.75, 3.05) is 13.1 Å². The van der Waals surface area contributed by atoms with Gasteiger partial charge >= 0.3 is 0 Å². The summed E-state index contributed by atoms with van der Waals surface area (Å²) in [5, 5.41) is 12.3. The van der Waals surface area contributed by atoms with E-state index in [0.717, 1.165) is 6.54 Å². The minimum Gasteiger partial charge on any atom is -0.392 e. The van der Waals surface area contributed by atoms with Crippen LogP contribution in [-0.4, -0.2) is 24.3 Å². The van der Waals surface area contributed by atoms with Crippen molar-refractivity contribution in [3.8, 4) is 0 Å². The van der Waals surface area contributed by atoms with Gasteiger partial charge in [-0.05, 0) is 19.4 Å². The van der Waals surface area contributed by atoms with E-state index < -0.39 is 0 Å². The Morgan fingerprint density at radius 3 is 2.67 bits per heavy atom. The van der Waals surface area contributed by atoms with Crippen LogP contribution in [0.3, 0.4) is 0 Å². The molecule has 15 heavy (non-hydrogen) atoms.